The molecule has 2 saturated heterocycles. The van der Waals surface area contributed by atoms with Crippen LogP contribution in [0.25, 0.3) is 0 Å². The monoisotopic (exact) mass is 240 g/mol. The van der Waals surface area contributed by atoms with Gasteiger partial charge in [0.2, 0.25) is 5.91 Å². The van der Waals surface area contributed by atoms with Crippen LogP contribution in [0.15, 0.2) is 0 Å². The highest BCUT2D eigenvalue weighted by Crippen LogP contribution is 2.08. The van der Waals surface area contributed by atoms with E-state index < -0.39 is 0 Å². The predicted molar refractivity (Wildman–Crippen MR) is 63.6 cm³/mol. The molecule has 2 fully saturated rings. The third-order valence-electron chi connectivity index (χ3n) is 3.50. The highest BCUT2D eigenvalue weighted by atomic mass is 16.2. The van der Waals surface area contributed by atoms with Crippen LogP contribution in [0.2, 0.25) is 0 Å². The summed E-state index contributed by atoms with van der Waals surface area (Å²) in [4.78, 5) is 26.4. The molecule has 0 spiro atoms. The topological polar surface area (TPSA) is 64.7 Å². The molecular weight excluding hydrogens is 220 g/mol. The molecule has 0 saturated carbocycles. The summed E-state index contributed by atoms with van der Waals surface area (Å²) in [6, 6.07) is 0.288. The molecule has 2 rings (SSSR count). The van der Waals surface area contributed by atoms with Crippen LogP contribution in [-0.2, 0) is 4.79 Å². The number of likely N-dealkylation sites (N-methyl/N-ethyl adjacent to an activating group) is 1. The van der Waals surface area contributed by atoms with Gasteiger partial charge in [-0.3, -0.25) is 14.6 Å². The highest BCUT2D eigenvalue weighted by Gasteiger charge is 2.29. The lowest BCUT2D eigenvalue weighted by Crippen LogP contribution is -2.43. The third-order valence-corrected chi connectivity index (χ3v) is 3.50. The van der Waals surface area contributed by atoms with E-state index in [2.05, 4.69) is 22.5 Å². The maximum atomic E-state index is 11.4. The Labute approximate surface area is 101 Å². The van der Waals surface area contributed by atoms with Gasteiger partial charge in [-0.25, -0.2) is 4.79 Å². The fraction of sp³-hybridized carbons (Fsp3) is 0.818. The molecule has 1 unspecified atom stereocenters. The molecule has 6 nitrogen and oxygen atoms in total. The van der Waals surface area contributed by atoms with Gasteiger partial charge in [0.25, 0.3) is 0 Å². The number of hydrogen-bond donors (Lipinski definition) is 2. The Hall–Kier alpha value is -1.14. The number of urea groups is 1. The molecule has 0 aromatic heterocycles. The van der Waals surface area contributed by atoms with Crippen LogP contribution >= 0.6 is 0 Å². The molecule has 0 radical (unpaired) electrons. The molecule has 17 heavy (non-hydrogen) atoms. The van der Waals surface area contributed by atoms with E-state index in [9.17, 15) is 9.59 Å². The first-order chi connectivity index (χ1) is 8.22. The second kappa shape index (κ2) is 5.46. The zero-order valence-electron chi connectivity index (χ0n) is 10.2. The Morgan fingerprint density at radius 2 is 2.29 bits per heavy atom. The van der Waals surface area contributed by atoms with Crippen molar-refractivity contribution in [2.75, 3.05) is 39.3 Å². The number of nitrogens with zero attached hydrogens (tertiary/aromatic N) is 2. The van der Waals surface area contributed by atoms with E-state index in [-0.39, 0.29) is 18.5 Å². The largest absolute Gasteiger partial charge is 0.329 e. The normalized spacial score (nSPS) is 24.8. The van der Waals surface area contributed by atoms with Crippen molar-refractivity contribution in [2.24, 2.45) is 0 Å². The summed E-state index contributed by atoms with van der Waals surface area (Å²) in [6.07, 6.45) is 1.15. The number of rotatable bonds is 5. The lowest BCUT2D eigenvalue weighted by Gasteiger charge is -2.28. The molecule has 0 bridgehead atoms. The number of nitrogens with one attached hydrogen (secondary N) is 2. The van der Waals surface area contributed by atoms with Crippen molar-refractivity contribution in [1.82, 2.24) is 20.4 Å². The molecule has 0 aliphatic carbocycles. The average molecular weight is 240 g/mol. The van der Waals surface area contributed by atoms with Crippen LogP contribution in [0.3, 0.4) is 0 Å². The van der Waals surface area contributed by atoms with Gasteiger partial charge in [0.15, 0.2) is 0 Å². The molecule has 2 heterocycles. The third kappa shape index (κ3) is 2.76. The van der Waals surface area contributed by atoms with Crippen LogP contribution in [0.4, 0.5) is 4.79 Å². The highest BCUT2D eigenvalue weighted by molar-refractivity contribution is 6.01. The first-order valence-corrected chi connectivity index (χ1v) is 6.25. The molecule has 3 amide bonds. The summed E-state index contributed by atoms with van der Waals surface area (Å²) in [7, 11) is 0. The Kier molecular flexibility index (Phi) is 3.96. The van der Waals surface area contributed by atoms with Gasteiger partial charge in [-0.05, 0) is 19.5 Å². The van der Waals surface area contributed by atoms with Crippen molar-refractivity contribution in [3.63, 3.8) is 0 Å². The van der Waals surface area contributed by atoms with E-state index in [1.54, 1.807) is 0 Å². The smallest absolute Gasteiger partial charge is 0.324 e. The van der Waals surface area contributed by atoms with Gasteiger partial charge >= 0.3 is 6.03 Å². The first kappa shape index (κ1) is 12.3. The van der Waals surface area contributed by atoms with Crippen molar-refractivity contribution in [3.05, 3.63) is 0 Å². The van der Waals surface area contributed by atoms with Crippen LogP contribution in [-0.4, -0.2) is 67.0 Å². The fourth-order valence-corrected chi connectivity index (χ4v) is 2.46. The van der Waals surface area contributed by atoms with E-state index in [4.69, 9.17) is 0 Å². The van der Waals surface area contributed by atoms with Crippen molar-refractivity contribution in [2.45, 2.75) is 19.4 Å². The minimum atomic E-state index is -0.254. The van der Waals surface area contributed by atoms with E-state index in [0.29, 0.717) is 12.6 Å². The van der Waals surface area contributed by atoms with Crippen LogP contribution in [0.1, 0.15) is 13.3 Å². The number of amides is 3. The van der Waals surface area contributed by atoms with E-state index in [1.807, 2.05) is 0 Å². The van der Waals surface area contributed by atoms with Crippen molar-refractivity contribution < 1.29 is 9.59 Å². The van der Waals surface area contributed by atoms with E-state index in [1.165, 1.54) is 4.90 Å². The molecule has 0 aromatic rings. The van der Waals surface area contributed by atoms with Crippen molar-refractivity contribution in [3.8, 4) is 0 Å². The minimum Gasteiger partial charge on any atom is -0.329 e. The minimum absolute atomic E-state index is 0.115. The van der Waals surface area contributed by atoms with Crippen molar-refractivity contribution in [1.29, 1.82) is 0 Å². The molecule has 2 N–H and O–H groups in total. The van der Waals surface area contributed by atoms with Crippen LogP contribution < -0.4 is 10.6 Å². The second-order valence-electron chi connectivity index (χ2n) is 4.48. The molecule has 2 aliphatic heterocycles. The lowest BCUT2D eigenvalue weighted by molar-refractivity contribution is -0.125. The summed E-state index contributed by atoms with van der Waals surface area (Å²) >= 11 is 0. The number of hydrogen-bond acceptors (Lipinski definition) is 4. The molecule has 1 atom stereocenters. The predicted octanol–water partition coefficient (Wildman–Crippen LogP) is -0.778. The first-order valence-electron chi connectivity index (χ1n) is 6.25. The van der Waals surface area contributed by atoms with E-state index >= 15 is 0 Å². The Balaban J connectivity index is 1.82. The van der Waals surface area contributed by atoms with Gasteiger partial charge in [-0.15, -0.1) is 0 Å². The molecule has 0 aromatic carbocycles. The summed E-state index contributed by atoms with van der Waals surface area (Å²) in [5.41, 5.74) is 0. The zero-order chi connectivity index (χ0) is 12.3. The zero-order valence-corrected chi connectivity index (χ0v) is 10.2. The molecule has 96 valence electrons. The van der Waals surface area contributed by atoms with Crippen LogP contribution in [0, 0.1) is 0 Å². The second-order valence-corrected chi connectivity index (χ2v) is 4.48. The lowest BCUT2D eigenvalue weighted by atomic mass is 10.2. The summed E-state index contributed by atoms with van der Waals surface area (Å²) in [6.45, 7) is 6.55. The van der Waals surface area contributed by atoms with Gasteiger partial charge in [-0.2, -0.15) is 0 Å². The maximum Gasteiger partial charge on any atom is 0.324 e. The SMILES string of the molecule is CCN(CCN1C(=O)CNC1=O)C1CCNC1. The molecule has 6 heteroatoms. The number of carbonyl (C=O) groups excluding carboxylic acids is 2. The number of imide groups is 1. The van der Waals surface area contributed by atoms with Gasteiger partial charge in [0.1, 0.15) is 0 Å². The Morgan fingerprint density at radius 3 is 2.82 bits per heavy atom. The van der Waals surface area contributed by atoms with Gasteiger partial charge in [0, 0.05) is 25.7 Å². The fourth-order valence-electron chi connectivity index (χ4n) is 2.46. The van der Waals surface area contributed by atoms with E-state index in [0.717, 1.165) is 32.6 Å². The van der Waals surface area contributed by atoms with Gasteiger partial charge in [-0.1, -0.05) is 6.92 Å². The quantitative estimate of drug-likeness (QED) is 0.619. The maximum absolute atomic E-state index is 11.4. The van der Waals surface area contributed by atoms with Gasteiger partial charge in [0.05, 0.1) is 6.54 Å². The molecular formula is C11H20N4O2. The summed E-state index contributed by atoms with van der Waals surface area (Å²) < 4.78 is 0. The Morgan fingerprint density at radius 1 is 1.47 bits per heavy atom. The summed E-state index contributed by atoms with van der Waals surface area (Å²) in [5, 5.41) is 5.87. The summed E-state index contributed by atoms with van der Waals surface area (Å²) in [5.74, 6) is -0.115. The standard InChI is InChI=1S/C11H20N4O2/c1-2-14(9-3-4-12-7-9)5-6-15-10(16)8-13-11(15)17/h9,12H,2-8H2,1H3,(H,13,17). The Bertz CT molecular complexity index is 286. The van der Waals surface area contributed by atoms with Crippen molar-refractivity contribution >= 4 is 11.9 Å². The molecule has 2 aliphatic rings. The van der Waals surface area contributed by atoms with Gasteiger partial charge < -0.3 is 10.6 Å². The number of carbonyl (C=O) groups is 2. The average Bonchev–Trinajstić information content (AvgIpc) is 2.94. The van der Waals surface area contributed by atoms with Crippen LogP contribution in [0.5, 0.6) is 0 Å².